The van der Waals surface area contributed by atoms with Gasteiger partial charge in [0.2, 0.25) is 0 Å². The molecule has 1 fully saturated rings. The lowest BCUT2D eigenvalue weighted by atomic mass is 10.2. The van der Waals surface area contributed by atoms with E-state index in [-0.39, 0.29) is 0 Å². The van der Waals surface area contributed by atoms with Gasteiger partial charge in [-0.3, -0.25) is 0 Å². The van der Waals surface area contributed by atoms with Crippen molar-refractivity contribution in [2.24, 2.45) is 0 Å². The second-order valence-corrected chi connectivity index (χ2v) is 3.99. The van der Waals surface area contributed by atoms with E-state index in [1.807, 2.05) is 6.07 Å². The quantitative estimate of drug-likeness (QED) is 0.791. The number of rotatable bonds is 3. The van der Waals surface area contributed by atoms with E-state index in [1.54, 1.807) is 19.4 Å². The molecule has 1 saturated carbocycles. The first-order valence-electron chi connectivity index (χ1n) is 5.29. The minimum Gasteiger partial charge on any atom is -0.399 e. The molecule has 1 aromatic heterocycles. The van der Waals surface area contributed by atoms with Gasteiger partial charge in [0.15, 0.2) is 0 Å². The number of aromatic nitrogens is 1. The van der Waals surface area contributed by atoms with Crippen LogP contribution >= 0.6 is 0 Å². The Balaban J connectivity index is 1.92. The molecule has 15 heavy (non-hydrogen) atoms. The van der Waals surface area contributed by atoms with Crippen LogP contribution in [0, 0.1) is 0 Å². The van der Waals surface area contributed by atoms with Crippen molar-refractivity contribution in [3.63, 3.8) is 0 Å². The molecule has 0 aromatic carbocycles. The average molecular weight is 207 g/mol. The molecule has 1 heterocycles. The maximum absolute atomic E-state index is 5.68. The van der Waals surface area contributed by atoms with Crippen LogP contribution in [-0.4, -0.2) is 24.2 Å². The smallest absolute Gasteiger partial charge is 0.128 e. The molecule has 4 heteroatoms. The molecule has 4 nitrogen and oxygen atoms in total. The normalized spacial score (nSPS) is 25.4. The Morgan fingerprint density at radius 1 is 1.53 bits per heavy atom. The molecule has 3 N–H and O–H groups in total. The van der Waals surface area contributed by atoms with Crippen LogP contribution in [0.15, 0.2) is 18.3 Å². The average Bonchev–Trinajstić information content (AvgIpc) is 2.65. The minimum absolute atomic E-state index is 0.392. The molecule has 1 aliphatic rings. The van der Waals surface area contributed by atoms with Crippen LogP contribution in [0.3, 0.4) is 0 Å². The summed E-state index contributed by atoms with van der Waals surface area (Å²) in [5, 5.41) is 3.37. The van der Waals surface area contributed by atoms with E-state index < -0.39 is 0 Å². The zero-order chi connectivity index (χ0) is 10.7. The molecular formula is C11H17N3O. The van der Waals surface area contributed by atoms with Crippen molar-refractivity contribution in [1.29, 1.82) is 0 Å². The van der Waals surface area contributed by atoms with E-state index in [0.717, 1.165) is 30.8 Å². The van der Waals surface area contributed by atoms with Gasteiger partial charge in [-0.1, -0.05) is 0 Å². The number of nitrogens with one attached hydrogen (secondary N) is 1. The van der Waals surface area contributed by atoms with Crippen LogP contribution < -0.4 is 11.1 Å². The van der Waals surface area contributed by atoms with Gasteiger partial charge < -0.3 is 15.8 Å². The van der Waals surface area contributed by atoms with E-state index in [4.69, 9.17) is 10.5 Å². The largest absolute Gasteiger partial charge is 0.399 e. The molecule has 0 radical (unpaired) electrons. The summed E-state index contributed by atoms with van der Waals surface area (Å²) >= 11 is 0. The first-order chi connectivity index (χ1) is 7.28. The predicted molar refractivity (Wildman–Crippen MR) is 60.7 cm³/mol. The van der Waals surface area contributed by atoms with E-state index >= 15 is 0 Å². The Morgan fingerprint density at radius 2 is 2.40 bits per heavy atom. The molecule has 0 spiro atoms. The molecule has 2 atom stereocenters. The maximum atomic E-state index is 5.68. The summed E-state index contributed by atoms with van der Waals surface area (Å²) in [7, 11) is 1.77. The van der Waals surface area contributed by atoms with Crippen LogP contribution in [0.25, 0.3) is 0 Å². The Labute approximate surface area is 89.8 Å². The number of anilines is 2. The van der Waals surface area contributed by atoms with Crippen molar-refractivity contribution in [3.8, 4) is 0 Å². The topological polar surface area (TPSA) is 60.2 Å². The minimum atomic E-state index is 0.392. The molecular weight excluding hydrogens is 190 g/mol. The molecule has 1 aromatic rings. The summed E-state index contributed by atoms with van der Waals surface area (Å²) in [4.78, 5) is 4.22. The van der Waals surface area contributed by atoms with Crippen LogP contribution in [0.1, 0.15) is 19.3 Å². The molecule has 0 amide bonds. The molecule has 0 aliphatic heterocycles. The van der Waals surface area contributed by atoms with Crippen LogP contribution in [0.2, 0.25) is 0 Å². The molecule has 2 rings (SSSR count). The summed E-state index contributed by atoms with van der Waals surface area (Å²) < 4.78 is 5.32. The van der Waals surface area contributed by atoms with Gasteiger partial charge in [0.1, 0.15) is 5.82 Å². The van der Waals surface area contributed by atoms with Gasteiger partial charge in [0, 0.05) is 31.1 Å². The highest BCUT2D eigenvalue weighted by atomic mass is 16.5. The molecule has 0 bridgehead atoms. The van der Waals surface area contributed by atoms with Gasteiger partial charge in [-0.25, -0.2) is 4.98 Å². The zero-order valence-electron chi connectivity index (χ0n) is 8.94. The number of ether oxygens (including phenoxy) is 1. The first kappa shape index (κ1) is 10.2. The summed E-state index contributed by atoms with van der Waals surface area (Å²) in [5.41, 5.74) is 6.43. The Hall–Kier alpha value is -1.29. The lowest BCUT2D eigenvalue weighted by Gasteiger charge is -2.13. The van der Waals surface area contributed by atoms with Crippen molar-refractivity contribution in [2.75, 3.05) is 18.2 Å². The highest BCUT2D eigenvalue weighted by Gasteiger charge is 2.24. The number of hydrogen-bond acceptors (Lipinski definition) is 4. The van der Waals surface area contributed by atoms with Crippen LogP contribution in [0.4, 0.5) is 11.5 Å². The van der Waals surface area contributed by atoms with E-state index in [9.17, 15) is 0 Å². The number of nitrogens with two attached hydrogens (primary N) is 1. The fourth-order valence-corrected chi connectivity index (χ4v) is 2.02. The number of nitrogens with zero attached hydrogens (tertiary/aromatic N) is 1. The van der Waals surface area contributed by atoms with Gasteiger partial charge in [-0.15, -0.1) is 0 Å². The third-order valence-corrected chi connectivity index (χ3v) is 2.85. The maximum Gasteiger partial charge on any atom is 0.128 e. The molecule has 1 aliphatic carbocycles. The third-order valence-electron chi connectivity index (χ3n) is 2.85. The van der Waals surface area contributed by atoms with E-state index in [1.165, 1.54) is 0 Å². The van der Waals surface area contributed by atoms with E-state index in [2.05, 4.69) is 10.3 Å². The number of nitrogen functional groups attached to an aromatic ring is 1. The number of pyridine rings is 1. The monoisotopic (exact) mass is 207 g/mol. The van der Waals surface area contributed by atoms with Gasteiger partial charge in [-0.05, 0) is 25.3 Å². The fourth-order valence-electron chi connectivity index (χ4n) is 2.02. The number of methoxy groups -OCH3 is 1. The predicted octanol–water partition coefficient (Wildman–Crippen LogP) is 1.64. The zero-order valence-corrected chi connectivity index (χ0v) is 8.94. The van der Waals surface area contributed by atoms with Crippen molar-refractivity contribution < 1.29 is 4.74 Å². The molecule has 0 saturated heterocycles. The van der Waals surface area contributed by atoms with Gasteiger partial charge in [0.25, 0.3) is 0 Å². The lowest BCUT2D eigenvalue weighted by Crippen LogP contribution is -2.18. The van der Waals surface area contributed by atoms with Gasteiger partial charge >= 0.3 is 0 Å². The van der Waals surface area contributed by atoms with Crippen molar-refractivity contribution in [3.05, 3.63) is 18.3 Å². The van der Waals surface area contributed by atoms with Gasteiger partial charge in [-0.2, -0.15) is 0 Å². The Kier molecular flexibility index (Phi) is 3.06. The Bertz CT molecular complexity index is 329. The lowest BCUT2D eigenvalue weighted by molar-refractivity contribution is 0.108. The number of hydrogen-bond donors (Lipinski definition) is 2. The van der Waals surface area contributed by atoms with Crippen LogP contribution in [0.5, 0.6) is 0 Å². The van der Waals surface area contributed by atoms with Crippen molar-refractivity contribution in [2.45, 2.75) is 31.4 Å². The van der Waals surface area contributed by atoms with Crippen molar-refractivity contribution in [1.82, 2.24) is 4.98 Å². The second-order valence-electron chi connectivity index (χ2n) is 3.99. The summed E-state index contributed by atoms with van der Waals surface area (Å²) in [5.74, 6) is 0.858. The SMILES string of the molecule is COC1CCC(Nc2cc(N)ccn2)C1. The van der Waals surface area contributed by atoms with Crippen LogP contribution in [-0.2, 0) is 4.74 Å². The highest BCUT2D eigenvalue weighted by molar-refractivity contribution is 5.48. The Morgan fingerprint density at radius 3 is 3.07 bits per heavy atom. The standard InChI is InChI=1S/C11H17N3O/c1-15-10-3-2-9(7-10)14-11-6-8(12)4-5-13-11/h4-6,9-10H,2-3,7H2,1H3,(H3,12,13,14). The highest BCUT2D eigenvalue weighted by Crippen LogP contribution is 2.24. The third kappa shape index (κ3) is 2.59. The first-order valence-corrected chi connectivity index (χ1v) is 5.29. The fraction of sp³-hybridized carbons (Fsp3) is 0.545. The summed E-state index contributed by atoms with van der Waals surface area (Å²) in [6.45, 7) is 0. The van der Waals surface area contributed by atoms with Crippen molar-refractivity contribution >= 4 is 11.5 Å². The molecule has 82 valence electrons. The summed E-state index contributed by atoms with van der Waals surface area (Å²) in [6.07, 6.45) is 5.42. The summed E-state index contributed by atoms with van der Waals surface area (Å²) in [6, 6.07) is 4.11. The van der Waals surface area contributed by atoms with E-state index in [0.29, 0.717) is 12.1 Å². The molecule has 2 unspecified atom stereocenters. The second kappa shape index (κ2) is 4.49. The van der Waals surface area contributed by atoms with Gasteiger partial charge in [0.05, 0.1) is 6.10 Å².